The van der Waals surface area contributed by atoms with Gasteiger partial charge in [0.05, 0.1) is 22.3 Å². The van der Waals surface area contributed by atoms with Gasteiger partial charge in [0.2, 0.25) is 5.78 Å². The Morgan fingerprint density at radius 1 is 1.00 bits per heavy atom. The van der Waals surface area contributed by atoms with Crippen LogP contribution in [0.3, 0.4) is 0 Å². The summed E-state index contributed by atoms with van der Waals surface area (Å²) >= 11 is 0. The fourth-order valence-corrected chi connectivity index (χ4v) is 4.45. The number of ketones is 1. The first-order chi connectivity index (χ1) is 17.4. The van der Waals surface area contributed by atoms with Crippen molar-refractivity contribution in [3.63, 3.8) is 0 Å². The zero-order valence-electron chi connectivity index (χ0n) is 19.7. The molecule has 5 nitrogen and oxygen atoms in total. The summed E-state index contributed by atoms with van der Waals surface area (Å²) in [7, 11) is 1.62. The smallest absolute Gasteiger partial charge is 0.331 e. The molecule has 11 heteroatoms. The van der Waals surface area contributed by atoms with Gasteiger partial charge in [-0.05, 0) is 55.3 Å². The van der Waals surface area contributed by atoms with Crippen LogP contribution in [0.1, 0.15) is 40.1 Å². The van der Waals surface area contributed by atoms with E-state index in [0.717, 1.165) is 6.07 Å². The first-order valence-electron chi connectivity index (χ1n) is 11.2. The highest BCUT2D eigenvalue weighted by Crippen LogP contribution is 2.41. The molecule has 2 aromatic carbocycles. The predicted octanol–water partition coefficient (Wildman–Crippen LogP) is 6.43. The zero-order valence-corrected chi connectivity index (χ0v) is 19.7. The lowest BCUT2D eigenvalue weighted by molar-refractivity contribution is -0.137. The largest absolute Gasteiger partial charge is 0.417 e. The number of aromatic nitrogens is 4. The predicted molar refractivity (Wildman–Crippen MR) is 124 cm³/mol. The SMILES string of the molecule is CCc1nc2c(-c3cc4nc(C)n(C)c4cc3C(F)(F)F)cccn2c1C(=O)c1cc(F)c(F)c(F)c1. The van der Waals surface area contributed by atoms with E-state index in [1.54, 1.807) is 25.5 Å². The highest BCUT2D eigenvalue weighted by molar-refractivity contribution is 6.09. The fourth-order valence-electron chi connectivity index (χ4n) is 4.45. The average Bonchev–Trinajstić information content (AvgIpc) is 3.36. The number of nitrogens with zero attached hydrogens (tertiary/aromatic N) is 4. The molecule has 0 spiro atoms. The summed E-state index contributed by atoms with van der Waals surface area (Å²) in [6.07, 6.45) is -3.10. The molecule has 5 aromatic rings. The molecule has 0 fully saturated rings. The minimum Gasteiger partial charge on any atom is -0.331 e. The number of carbonyl (C=O) groups excluding carboxylic acids is 1. The van der Waals surface area contributed by atoms with E-state index in [1.807, 2.05) is 0 Å². The van der Waals surface area contributed by atoms with Crippen LogP contribution in [0.5, 0.6) is 0 Å². The van der Waals surface area contributed by atoms with Gasteiger partial charge in [0.15, 0.2) is 17.5 Å². The molecule has 0 saturated heterocycles. The van der Waals surface area contributed by atoms with E-state index in [-0.39, 0.29) is 34.6 Å². The molecule has 5 rings (SSSR count). The number of pyridine rings is 1. The number of hydrogen-bond acceptors (Lipinski definition) is 3. The third kappa shape index (κ3) is 3.85. The number of hydrogen-bond donors (Lipinski definition) is 0. The standard InChI is InChI=1S/C26H18F6N4O/c1-4-19-23(24(37)13-8-17(27)22(29)18(28)9-13)36-7-5-6-14(25(36)34-19)15-10-20-21(35(3)12(2)33-20)11-16(15)26(30,31)32/h5-11H,4H2,1-3H3. The zero-order chi connectivity index (χ0) is 26.8. The third-order valence-electron chi connectivity index (χ3n) is 6.36. The van der Waals surface area contributed by atoms with Crippen molar-refractivity contribution in [2.75, 3.05) is 0 Å². The quantitative estimate of drug-likeness (QED) is 0.157. The normalized spacial score (nSPS) is 12.1. The van der Waals surface area contributed by atoms with Crippen LogP contribution in [0.2, 0.25) is 0 Å². The molecule has 0 aliphatic heterocycles. The average molecular weight is 516 g/mol. The van der Waals surface area contributed by atoms with Crippen molar-refractivity contribution in [3.05, 3.63) is 88.4 Å². The maximum Gasteiger partial charge on any atom is 0.417 e. The van der Waals surface area contributed by atoms with Crippen LogP contribution in [-0.4, -0.2) is 24.7 Å². The Morgan fingerprint density at radius 2 is 1.68 bits per heavy atom. The number of alkyl halides is 3. The molecule has 0 amide bonds. The van der Waals surface area contributed by atoms with Crippen molar-refractivity contribution in [1.82, 2.24) is 18.9 Å². The van der Waals surface area contributed by atoms with Crippen molar-refractivity contribution < 1.29 is 31.1 Å². The molecule has 0 N–H and O–H groups in total. The molecule has 37 heavy (non-hydrogen) atoms. The van der Waals surface area contributed by atoms with Crippen LogP contribution in [-0.2, 0) is 19.6 Å². The summed E-state index contributed by atoms with van der Waals surface area (Å²) in [6.45, 7) is 3.35. The van der Waals surface area contributed by atoms with E-state index in [9.17, 15) is 31.1 Å². The van der Waals surface area contributed by atoms with Crippen LogP contribution < -0.4 is 0 Å². The monoisotopic (exact) mass is 516 g/mol. The molecule has 0 radical (unpaired) electrons. The lowest BCUT2D eigenvalue weighted by atomic mass is 9.99. The molecule has 3 heterocycles. The van der Waals surface area contributed by atoms with Crippen molar-refractivity contribution >= 4 is 22.5 Å². The van der Waals surface area contributed by atoms with Crippen molar-refractivity contribution in [2.45, 2.75) is 26.4 Å². The van der Waals surface area contributed by atoms with Crippen molar-refractivity contribution in [1.29, 1.82) is 0 Å². The van der Waals surface area contributed by atoms with Crippen LogP contribution in [0.25, 0.3) is 27.8 Å². The third-order valence-corrected chi connectivity index (χ3v) is 6.36. The maximum absolute atomic E-state index is 14.2. The molecule has 0 aliphatic carbocycles. The molecular formula is C26H18F6N4O. The van der Waals surface area contributed by atoms with Gasteiger partial charge in [-0.25, -0.2) is 23.1 Å². The van der Waals surface area contributed by atoms with Gasteiger partial charge in [-0.1, -0.05) is 6.92 Å². The Balaban J connectivity index is 1.79. The van der Waals surface area contributed by atoms with Gasteiger partial charge in [-0.3, -0.25) is 9.20 Å². The van der Waals surface area contributed by atoms with Gasteiger partial charge in [0.25, 0.3) is 0 Å². The summed E-state index contributed by atoms with van der Waals surface area (Å²) in [5, 5.41) is 0. The minimum atomic E-state index is -4.71. The van der Waals surface area contributed by atoms with Crippen LogP contribution in [0.4, 0.5) is 26.3 Å². The van der Waals surface area contributed by atoms with E-state index in [2.05, 4.69) is 9.97 Å². The van der Waals surface area contributed by atoms with Crippen molar-refractivity contribution in [2.24, 2.45) is 7.05 Å². The molecule has 0 unspecified atom stereocenters. The summed E-state index contributed by atoms with van der Waals surface area (Å²) in [6, 6.07) is 6.38. The second-order valence-electron chi connectivity index (χ2n) is 8.56. The first kappa shape index (κ1) is 24.5. The summed E-state index contributed by atoms with van der Waals surface area (Å²) in [5.74, 6) is -5.12. The lowest BCUT2D eigenvalue weighted by Crippen LogP contribution is -2.10. The molecule has 0 aliphatic rings. The fraction of sp³-hybridized carbons (Fsp3) is 0.192. The van der Waals surface area contributed by atoms with Gasteiger partial charge in [-0.2, -0.15) is 13.2 Å². The summed E-state index contributed by atoms with van der Waals surface area (Å²) in [4.78, 5) is 22.1. The van der Waals surface area contributed by atoms with E-state index < -0.39 is 40.5 Å². The lowest BCUT2D eigenvalue weighted by Gasteiger charge is -2.14. The number of carbonyl (C=O) groups is 1. The van der Waals surface area contributed by atoms with Gasteiger partial charge < -0.3 is 4.57 Å². The van der Waals surface area contributed by atoms with Crippen LogP contribution >= 0.6 is 0 Å². The van der Waals surface area contributed by atoms with Gasteiger partial charge >= 0.3 is 6.18 Å². The molecule has 190 valence electrons. The van der Waals surface area contributed by atoms with E-state index in [1.165, 1.54) is 28.8 Å². The molecule has 3 aromatic heterocycles. The second-order valence-corrected chi connectivity index (χ2v) is 8.56. The van der Waals surface area contributed by atoms with Crippen LogP contribution in [0, 0.1) is 24.4 Å². The Morgan fingerprint density at radius 3 is 2.30 bits per heavy atom. The number of benzene rings is 2. The Labute approximate surface area is 206 Å². The molecule has 0 bridgehead atoms. The first-order valence-corrected chi connectivity index (χ1v) is 11.2. The van der Waals surface area contributed by atoms with Gasteiger partial charge in [0, 0.05) is 24.4 Å². The Hall–Kier alpha value is -4.15. The topological polar surface area (TPSA) is 52.2 Å². The highest BCUT2D eigenvalue weighted by atomic mass is 19.4. The number of imidazole rings is 2. The molecule has 0 saturated carbocycles. The Bertz CT molecular complexity index is 1710. The summed E-state index contributed by atoms with van der Waals surface area (Å²) in [5.41, 5.74) is -0.663. The van der Waals surface area contributed by atoms with Gasteiger partial charge in [-0.15, -0.1) is 0 Å². The molecule has 0 atom stereocenters. The van der Waals surface area contributed by atoms with Gasteiger partial charge in [0.1, 0.15) is 17.2 Å². The number of fused-ring (bicyclic) bond motifs is 2. The highest BCUT2D eigenvalue weighted by Gasteiger charge is 2.36. The minimum absolute atomic E-state index is 0.0447. The van der Waals surface area contributed by atoms with Crippen molar-refractivity contribution in [3.8, 4) is 11.1 Å². The van der Waals surface area contributed by atoms with E-state index in [0.29, 0.717) is 29.0 Å². The maximum atomic E-state index is 14.2. The summed E-state index contributed by atoms with van der Waals surface area (Å²) < 4.78 is 86.5. The second kappa shape index (κ2) is 8.46. The molecular weight excluding hydrogens is 498 g/mol. The Kier molecular flexibility index (Phi) is 5.61. The number of rotatable bonds is 4. The van der Waals surface area contributed by atoms with E-state index >= 15 is 0 Å². The number of halogens is 6. The number of aryl methyl sites for hydroxylation is 3. The van der Waals surface area contributed by atoms with Crippen LogP contribution in [0.15, 0.2) is 42.6 Å². The van der Waals surface area contributed by atoms with E-state index in [4.69, 9.17) is 0 Å².